The number of methoxy groups -OCH3 is 1. The molecule has 3 rings (SSSR count). The number of nitrogens with zero attached hydrogens (tertiary/aromatic N) is 2. The SMILES string of the molecule is COc1ccc(-n2c(N)nc3cc(F)c(C)cc32)cc1F. The number of aryl methyl sites for hydroxylation is 1. The standard InChI is InChI=1S/C15H13F2N3O/c1-8-5-13-12(7-10(8)16)19-15(18)20(13)9-3-4-14(21-2)11(17)6-9/h3-7H,1-2H3,(H2,18,19). The molecule has 1 heterocycles. The summed E-state index contributed by atoms with van der Waals surface area (Å²) in [6.45, 7) is 1.65. The molecule has 0 atom stereocenters. The second-order valence-electron chi connectivity index (χ2n) is 4.71. The third-order valence-electron chi connectivity index (χ3n) is 3.35. The Kier molecular flexibility index (Phi) is 3.01. The van der Waals surface area contributed by atoms with Crippen LogP contribution < -0.4 is 10.5 Å². The summed E-state index contributed by atoms with van der Waals surface area (Å²) in [5, 5.41) is 0. The van der Waals surface area contributed by atoms with Crippen LogP contribution in [0.4, 0.5) is 14.7 Å². The lowest BCUT2D eigenvalue weighted by molar-refractivity contribution is 0.386. The number of nitrogen functional groups attached to an aromatic ring is 1. The van der Waals surface area contributed by atoms with E-state index in [9.17, 15) is 8.78 Å². The van der Waals surface area contributed by atoms with Gasteiger partial charge in [0.2, 0.25) is 5.95 Å². The summed E-state index contributed by atoms with van der Waals surface area (Å²) in [6.07, 6.45) is 0. The topological polar surface area (TPSA) is 53.1 Å². The van der Waals surface area contributed by atoms with Gasteiger partial charge in [-0.1, -0.05) is 0 Å². The van der Waals surface area contributed by atoms with E-state index in [2.05, 4.69) is 4.98 Å². The van der Waals surface area contributed by atoms with Gasteiger partial charge in [0.25, 0.3) is 0 Å². The van der Waals surface area contributed by atoms with E-state index in [4.69, 9.17) is 10.5 Å². The minimum absolute atomic E-state index is 0.143. The smallest absolute Gasteiger partial charge is 0.205 e. The van der Waals surface area contributed by atoms with Crippen LogP contribution in [0.25, 0.3) is 16.7 Å². The molecule has 0 spiro atoms. The summed E-state index contributed by atoms with van der Waals surface area (Å²) in [4.78, 5) is 4.11. The highest BCUT2D eigenvalue weighted by Gasteiger charge is 2.14. The Balaban J connectivity index is 2.27. The highest BCUT2D eigenvalue weighted by atomic mass is 19.1. The van der Waals surface area contributed by atoms with Crippen LogP contribution >= 0.6 is 0 Å². The normalized spacial score (nSPS) is 11.0. The van der Waals surface area contributed by atoms with Crippen molar-refractivity contribution in [2.24, 2.45) is 0 Å². The fourth-order valence-electron chi connectivity index (χ4n) is 2.29. The number of halogens is 2. The average molecular weight is 289 g/mol. The minimum atomic E-state index is -0.505. The van der Waals surface area contributed by atoms with E-state index in [1.54, 1.807) is 23.6 Å². The molecule has 0 aliphatic carbocycles. The Labute approximate surface area is 119 Å². The maximum atomic E-state index is 13.9. The quantitative estimate of drug-likeness (QED) is 0.788. The lowest BCUT2D eigenvalue weighted by atomic mass is 10.2. The zero-order chi connectivity index (χ0) is 15.1. The van der Waals surface area contributed by atoms with Crippen LogP contribution in [0.3, 0.4) is 0 Å². The Morgan fingerprint density at radius 3 is 2.57 bits per heavy atom. The summed E-state index contributed by atoms with van der Waals surface area (Å²) in [6, 6.07) is 7.42. The van der Waals surface area contributed by atoms with Crippen LogP contribution in [-0.4, -0.2) is 16.7 Å². The molecule has 0 aliphatic heterocycles. The van der Waals surface area contributed by atoms with Crippen molar-refractivity contribution in [2.75, 3.05) is 12.8 Å². The van der Waals surface area contributed by atoms with E-state index in [0.29, 0.717) is 22.3 Å². The zero-order valence-corrected chi connectivity index (χ0v) is 11.5. The molecule has 6 heteroatoms. The lowest BCUT2D eigenvalue weighted by Crippen LogP contribution is -2.01. The van der Waals surface area contributed by atoms with E-state index in [1.807, 2.05) is 0 Å². The Bertz CT molecular complexity index is 843. The number of fused-ring (bicyclic) bond motifs is 1. The van der Waals surface area contributed by atoms with Crippen LogP contribution in [0.1, 0.15) is 5.56 Å². The fraction of sp³-hybridized carbons (Fsp3) is 0.133. The first-order valence-electron chi connectivity index (χ1n) is 6.29. The maximum absolute atomic E-state index is 13.9. The summed E-state index contributed by atoms with van der Waals surface area (Å²) < 4.78 is 33.9. The van der Waals surface area contributed by atoms with Gasteiger partial charge in [0, 0.05) is 12.1 Å². The monoisotopic (exact) mass is 289 g/mol. The molecular formula is C15H13F2N3O. The number of anilines is 1. The number of aromatic nitrogens is 2. The van der Waals surface area contributed by atoms with Crippen LogP contribution in [0.15, 0.2) is 30.3 Å². The fourth-order valence-corrected chi connectivity index (χ4v) is 2.29. The van der Waals surface area contributed by atoms with Crippen LogP contribution in [0.5, 0.6) is 5.75 Å². The van der Waals surface area contributed by atoms with Crippen LogP contribution in [0.2, 0.25) is 0 Å². The number of hydrogen-bond acceptors (Lipinski definition) is 3. The van der Waals surface area contributed by atoms with Crippen molar-refractivity contribution in [1.82, 2.24) is 9.55 Å². The van der Waals surface area contributed by atoms with Crippen molar-refractivity contribution >= 4 is 17.0 Å². The molecule has 3 aromatic rings. The molecule has 0 unspecified atom stereocenters. The molecule has 0 saturated heterocycles. The molecule has 2 N–H and O–H groups in total. The second kappa shape index (κ2) is 4.73. The van der Waals surface area contributed by atoms with E-state index in [1.165, 1.54) is 25.3 Å². The van der Waals surface area contributed by atoms with E-state index in [-0.39, 0.29) is 17.5 Å². The summed E-state index contributed by atoms with van der Waals surface area (Å²) >= 11 is 0. The molecule has 0 saturated carbocycles. The molecule has 0 fully saturated rings. The van der Waals surface area contributed by atoms with E-state index >= 15 is 0 Å². The molecule has 0 aliphatic rings. The molecule has 0 amide bonds. The minimum Gasteiger partial charge on any atom is -0.494 e. The first kappa shape index (κ1) is 13.4. The molecule has 0 radical (unpaired) electrons. The zero-order valence-electron chi connectivity index (χ0n) is 11.5. The van der Waals surface area contributed by atoms with Crippen molar-refractivity contribution in [3.8, 4) is 11.4 Å². The first-order valence-corrected chi connectivity index (χ1v) is 6.29. The van der Waals surface area contributed by atoms with Crippen LogP contribution in [-0.2, 0) is 0 Å². The maximum Gasteiger partial charge on any atom is 0.205 e. The molecule has 4 nitrogen and oxygen atoms in total. The van der Waals surface area contributed by atoms with Crippen molar-refractivity contribution in [3.63, 3.8) is 0 Å². The number of rotatable bonds is 2. The van der Waals surface area contributed by atoms with Gasteiger partial charge in [-0.15, -0.1) is 0 Å². The van der Waals surface area contributed by atoms with Crippen LogP contribution in [0, 0.1) is 18.6 Å². The predicted octanol–water partition coefficient (Wildman–Crippen LogP) is 3.20. The van der Waals surface area contributed by atoms with Crippen molar-refractivity contribution in [3.05, 3.63) is 47.5 Å². The number of benzene rings is 2. The van der Waals surface area contributed by atoms with Crippen molar-refractivity contribution in [2.45, 2.75) is 6.92 Å². The predicted molar refractivity (Wildman–Crippen MR) is 76.7 cm³/mol. The molecule has 21 heavy (non-hydrogen) atoms. The number of hydrogen-bond donors (Lipinski definition) is 1. The summed E-state index contributed by atoms with van der Waals surface area (Å²) in [7, 11) is 1.39. The van der Waals surface area contributed by atoms with Gasteiger partial charge in [-0.25, -0.2) is 13.8 Å². The summed E-state index contributed by atoms with van der Waals surface area (Å²) in [5.41, 5.74) is 7.90. The lowest BCUT2D eigenvalue weighted by Gasteiger charge is -2.09. The van der Waals surface area contributed by atoms with Gasteiger partial charge >= 0.3 is 0 Å². The third-order valence-corrected chi connectivity index (χ3v) is 3.35. The van der Waals surface area contributed by atoms with Gasteiger partial charge in [-0.3, -0.25) is 4.57 Å². The van der Waals surface area contributed by atoms with Crippen molar-refractivity contribution < 1.29 is 13.5 Å². The Morgan fingerprint density at radius 2 is 1.90 bits per heavy atom. The largest absolute Gasteiger partial charge is 0.494 e. The first-order chi connectivity index (χ1) is 10.0. The highest BCUT2D eigenvalue weighted by molar-refractivity contribution is 5.81. The van der Waals surface area contributed by atoms with Gasteiger partial charge in [0.1, 0.15) is 5.82 Å². The molecule has 108 valence electrons. The molecule has 0 bridgehead atoms. The molecule has 1 aromatic heterocycles. The second-order valence-corrected chi connectivity index (χ2v) is 4.71. The molecule has 2 aromatic carbocycles. The van der Waals surface area contributed by atoms with E-state index < -0.39 is 5.82 Å². The van der Waals surface area contributed by atoms with Gasteiger partial charge in [0.15, 0.2) is 11.6 Å². The number of ether oxygens (including phenoxy) is 1. The third kappa shape index (κ3) is 2.08. The Morgan fingerprint density at radius 1 is 1.14 bits per heavy atom. The highest BCUT2D eigenvalue weighted by Crippen LogP contribution is 2.27. The van der Waals surface area contributed by atoms with Gasteiger partial charge in [-0.05, 0) is 30.7 Å². The number of imidazole rings is 1. The molecular weight excluding hydrogens is 276 g/mol. The van der Waals surface area contributed by atoms with Gasteiger partial charge in [0.05, 0.1) is 23.8 Å². The van der Waals surface area contributed by atoms with Crippen molar-refractivity contribution in [1.29, 1.82) is 0 Å². The summed E-state index contributed by atoms with van der Waals surface area (Å²) in [5.74, 6) is -0.549. The van der Waals surface area contributed by atoms with E-state index in [0.717, 1.165) is 0 Å². The number of nitrogens with two attached hydrogens (primary N) is 1. The van der Waals surface area contributed by atoms with Gasteiger partial charge < -0.3 is 10.5 Å². The van der Waals surface area contributed by atoms with Gasteiger partial charge in [-0.2, -0.15) is 0 Å². The Hall–Kier alpha value is -2.63. The average Bonchev–Trinajstić information content (AvgIpc) is 2.74.